The molecule has 0 spiro atoms. The standard InChI is InChI=1S/C20H14FNO2/c1-2-18-16(14-7-4-6-10-19(14)24-18)11-13(12-22)20(23)15-8-3-5-9-17(15)21/h3-11H,2H2,1H3/b13-11+. The van der Waals surface area contributed by atoms with Crippen molar-refractivity contribution in [2.75, 3.05) is 0 Å². The number of furan rings is 1. The molecule has 0 aliphatic heterocycles. The highest BCUT2D eigenvalue weighted by Crippen LogP contribution is 2.29. The molecule has 118 valence electrons. The van der Waals surface area contributed by atoms with Crippen molar-refractivity contribution >= 4 is 22.8 Å². The Bertz CT molecular complexity index is 992. The number of ketones is 1. The summed E-state index contributed by atoms with van der Waals surface area (Å²) in [5.41, 5.74) is 1.14. The first kappa shape index (κ1) is 15.7. The van der Waals surface area contributed by atoms with E-state index in [9.17, 15) is 14.4 Å². The lowest BCUT2D eigenvalue weighted by Crippen LogP contribution is -2.04. The highest BCUT2D eigenvalue weighted by Gasteiger charge is 2.18. The summed E-state index contributed by atoms with van der Waals surface area (Å²) < 4.78 is 19.6. The lowest BCUT2D eigenvalue weighted by atomic mass is 10.00. The molecule has 1 heterocycles. The molecule has 0 saturated carbocycles. The predicted molar refractivity (Wildman–Crippen MR) is 89.9 cm³/mol. The maximum absolute atomic E-state index is 13.8. The van der Waals surface area contributed by atoms with Gasteiger partial charge in [0.15, 0.2) is 0 Å². The molecular formula is C20H14FNO2. The largest absolute Gasteiger partial charge is 0.460 e. The Balaban J connectivity index is 2.14. The number of aryl methyl sites for hydroxylation is 1. The number of nitrogens with zero attached hydrogens (tertiary/aromatic N) is 1. The summed E-state index contributed by atoms with van der Waals surface area (Å²) in [6.45, 7) is 1.93. The number of rotatable bonds is 4. The van der Waals surface area contributed by atoms with Gasteiger partial charge in [-0.1, -0.05) is 37.3 Å². The van der Waals surface area contributed by atoms with Gasteiger partial charge >= 0.3 is 0 Å². The van der Waals surface area contributed by atoms with E-state index in [4.69, 9.17) is 4.42 Å². The molecule has 24 heavy (non-hydrogen) atoms. The van der Waals surface area contributed by atoms with Gasteiger partial charge in [0.2, 0.25) is 5.78 Å². The molecule has 0 bridgehead atoms. The van der Waals surface area contributed by atoms with Crippen LogP contribution >= 0.6 is 0 Å². The van der Waals surface area contributed by atoms with E-state index in [-0.39, 0.29) is 11.1 Å². The van der Waals surface area contributed by atoms with Crippen molar-refractivity contribution in [1.29, 1.82) is 5.26 Å². The molecule has 0 atom stereocenters. The van der Waals surface area contributed by atoms with Crippen LogP contribution in [0.15, 0.2) is 58.5 Å². The Morgan fingerprint density at radius 1 is 1.21 bits per heavy atom. The summed E-state index contributed by atoms with van der Waals surface area (Å²) in [7, 11) is 0. The summed E-state index contributed by atoms with van der Waals surface area (Å²) in [6, 6.07) is 14.9. The van der Waals surface area contributed by atoms with Crippen LogP contribution in [-0.2, 0) is 6.42 Å². The fourth-order valence-electron chi connectivity index (χ4n) is 2.62. The maximum atomic E-state index is 13.8. The number of Topliss-reactive ketones (excluding diaryl/α,β-unsaturated/α-hetero) is 1. The smallest absolute Gasteiger partial charge is 0.206 e. The molecule has 0 amide bonds. The Labute approximate surface area is 138 Å². The predicted octanol–water partition coefficient (Wildman–Crippen LogP) is 4.92. The van der Waals surface area contributed by atoms with Gasteiger partial charge in [-0.3, -0.25) is 4.79 Å². The maximum Gasteiger partial charge on any atom is 0.206 e. The summed E-state index contributed by atoms with van der Waals surface area (Å²) >= 11 is 0. The summed E-state index contributed by atoms with van der Waals surface area (Å²) in [5.74, 6) is -0.593. The van der Waals surface area contributed by atoms with Gasteiger partial charge in [-0.15, -0.1) is 0 Å². The summed E-state index contributed by atoms with van der Waals surface area (Å²) in [6.07, 6.45) is 2.10. The fraction of sp³-hybridized carbons (Fsp3) is 0.100. The number of carbonyl (C=O) groups is 1. The molecule has 4 heteroatoms. The second-order valence-corrected chi connectivity index (χ2v) is 5.27. The molecule has 0 radical (unpaired) electrons. The highest BCUT2D eigenvalue weighted by atomic mass is 19.1. The van der Waals surface area contributed by atoms with Crippen molar-refractivity contribution in [2.24, 2.45) is 0 Å². The molecule has 0 aliphatic rings. The van der Waals surface area contributed by atoms with Gasteiger partial charge in [-0.2, -0.15) is 5.26 Å². The van der Waals surface area contributed by atoms with Crippen LogP contribution in [0, 0.1) is 17.1 Å². The Kier molecular flexibility index (Phi) is 4.26. The average molecular weight is 319 g/mol. The highest BCUT2D eigenvalue weighted by molar-refractivity contribution is 6.15. The van der Waals surface area contributed by atoms with Crippen LogP contribution in [0.5, 0.6) is 0 Å². The number of fused-ring (bicyclic) bond motifs is 1. The van der Waals surface area contributed by atoms with Crippen LogP contribution < -0.4 is 0 Å². The molecule has 0 aliphatic carbocycles. The van der Waals surface area contributed by atoms with E-state index in [2.05, 4.69) is 0 Å². The van der Waals surface area contributed by atoms with Crippen LogP contribution in [0.1, 0.15) is 28.6 Å². The van der Waals surface area contributed by atoms with Crippen molar-refractivity contribution in [3.05, 3.63) is 76.8 Å². The summed E-state index contributed by atoms with van der Waals surface area (Å²) in [5, 5.41) is 10.2. The molecule has 1 aromatic heterocycles. The lowest BCUT2D eigenvalue weighted by Gasteiger charge is -2.01. The van der Waals surface area contributed by atoms with E-state index in [1.807, 2.05) is 37.3 Å². The number of hydrogen-bond acceptors (Lipinski definition) is 3. The van der Waals surface area contributed by atoms with Crippen molar-refractivity contribution < 1.29 is 13.6 Å². The minimum absolute atomic E-state index is 0.115. The zero-order chi connectivity index (χ0) is 17.1. The number of para-hydroxylation sites is 1. The number of hydrogen-bond donors (Lipinski definition) is 0. The van der Waals surface area contributed by atoms with Gasteiger partial charge in [-0.05, 0) is 24.3 Å². The molecule has 0 unspecified atom stereocenters. The zero-order valence-electron chi connectivity index (χ0n) is 13.0. The monoisotopic (exact) mass is 319 g/mol. The van der Waals surface area contributed by atoms with Gasteiger partial charge in [0.25, 0.3) is 0 Å². The fourth-order valence-corrected chi connectivity index (χ4v) is 2.62. The minimum Gasteiger partial charge on any atom is -0.460 e. The minimum atomic E-state index is -0.642. The molecule has 3 nitrogen and oxygen atoms in total. The Morgan fingerprint density at radius 3 is 2.62 bits per heavy atom. The first-order valence-electron chi connectivity index (χ1n) is 7.57. The van der Waals surface area contributed by atoms with Crippen molar-refractivity contribution in [3.63, 3.8) is 0 Å². The molecule has 0 saturated heterocycles. The van der Waals surface area contributed by atoms with Crippen LogP contribution in [0.4, 0.5) is 4.39 Å². The van der Waals surface area contributed by atoms with Gasteiger partial charge in [0.05, 0.1) is 5.56 Å². The third-order valence-corrected chi connectivity index (χ3v) is 3.80. The second-order valence-electron chi connectivity index (χ2n) is 5.27. The third kappa shape index (κ3) is 2.72. The Hall–Kier alpha value is -3.19. The first-order chi connectivity index (χ1) is 11.7. The number of halogens is 1. The Morgan fingerprint density at radius 2 is 1.92 bits per heavy atom. The zero-order valence-corrected chi connectivity index (χ0v) is 13.0. The first-order valence-corrected chi connectivity index (χ1v) is 7.57. The van der Waals surface area contributed by atoms with E-state index in [0.29, 0.717) is 23.3 Å². The molecule has 3 aromatic rings. The summed E-state index contributed by atoms with van der Waals surface area (Å²) in [4.78, 5) is 12.5. The van der Waals surface area contributed by atoms with Gasteiger partial charge < -0.3 is 4.42 Å². The molecular weight excluding hydrogens is 305 g/mol. The number of benzene rings is 2. The van der Waals surface area contributed by atoms with Crippen LogP contribution in [0.25, 0.3) is 17.0 Å². The molecule has 3 rings (SSSR count). The van der Waals surface area contributed by atoms with Crippen LogP contribution in [0.2, 0.25) is 0 Å². The topological polar surface area (TPSA) is 54.0 Å². The van der Waals surface area contributed by atoms with Gasteiger partial charge in [0.1, 0.15) is 28.8 Å². The van der Waals surface area contributed by atoms with Crippen molar-refractivity contribution in [1.82, 2.24) is 0 Å². The van der Waals surface area contributed by atoms with E-state index in [0.717, 1.165) is 5.39 Å². The molecule has 0 N–H and O–H groups in total. The average Bonchev–Trinajstić information content (AvgIpc) is 2.97. The van der Waals surface area contributed by atoms with Crippen molar-refractivity contribution in [2.45, 2.75) is 13.3 Å². The third-order valence-electron chi connectivity index (χ3n) is 3.80. The second kappa shape index (κ2) is 6.51. The lowest BCUT2D eigenvalue weighted by molar-refractivity contribution is 0.103. The normalized spacial score (nSPS) is 11.5. The van der Waals surface area contributed by atoms with E-state index >= 15 is 0 Å². The van der Waals surface area contributed by atoms with Gasteiger partial charge in [-0.25, -0.2) is 4.39 Å². The number of carbonyl (C=O) groups excluding carboxylic acids is 1. The van der Waals surface area contributed by atoms with E-state index in [1.54, 1.807) is 6.07 Å². The number of allylic oxidation sites excluding steroid dienone is 1. The van der Waals surface area contributed by atoms with Crippen molar-refractivity contribution in [3.8, 4) is 6.07 Å². The molecule has 0 fully saturated rings. The van der Waals surface area contributed by atoms with Gasteiger partial charge in [0, 0.05) is 17.4 Å². The number of nitriles is 1. The van der Waals surface area contributed by atoms with Crippen LogP contribution in [0.3, 0.4) is 0 Å². The van der Waals surface area contributed by atoms with Crippen LogP contribution in [-0.4, -0.2) is 5.78 Å². The SMILES string of the molecule is CCc1oc2ccccc2c1/C=C(\C#N)C(=O)c1ccccc1F. The molecule has 2 aromatic carbocycles. The van der Waals surface area contributed by atoms with E-state index < -0.39 is 11.6 Å². The quantitative estimate of drug-likeness (QED) is 0.389. The van der Waals surface area contributed by atoms with E-state index in [1.165, 1.54) is 24.3 Å².